The molecular weight excluding hydrogens is 206 g/mol. The lowest BCUT2D eigenvalue weighted by Gasteiger charge is -2.14. The molecule has 0 bridgehead atoms. The van der Waals surface area contributed by atoms with Crippen LogP contribution in [0.4, 0.5) is 0 Å². The van der Waals surface area contributed by atoms with Crippen molar-refractivity contribution in [2.45, 2.75) is 19.3 Å². The van der Waals surface area contributed by atoms with Gasteiger partial charge in [-0.25, -0.2) is 0 Å². The number of nitrogens with two attached hydrogens (primary N) is 1. The maximum Gasteiger partial charge on any atom is 0.306 e. The van der Waals surface area contributed by atoms with E-state index in [9.17, 15) is 4.79 Å². The van der Waals surface area contributed by atoms with Crippen LogP contribution in [0.2, 0.25) is 0 Å². The van der Waals surface area contributed by atoms with Gasteiger partial charge in [0.05, 0.1) is 13.0 Å². The Labute approximate surface area is 95.0 Å². The third kappa shape index (κ3) is 3.55. The summed E-state index contributed by atoms with van der Waals surface area (Å²) in [5.74, 6) is -0.0960. The third-order valence-corrected chi connectivity index (χ3v) is 2.37. The van der Waals surface area contributed by atoms with Gasteiger partial charge in [0.15, 0.2) is 0 Å². The number of carbonyl (C=O) groups is 1. The molecule has 88 valence electrons. The van der Waals surface area contributed by atoms with E-state index in [2.05, 4.69) is 0 Å². The Bertz CT molecular complexity index is 335. The van der Waals surface area contributed by atoms with Crippen LogP contribution in [0.5, 0.6) is 5.75 Å². The van der Waals surface area contributed by atoms with Gasteiger partial charge >= 0.3 is 5.97 Å². The van der Waals surface area contributed by atoms with E-state index < -0.39 is 0 Å². The van der Waals surface area contributed by atoms with Crippen molar-refractivity contribution in [3.8, 4) is 5.75 Å². The van der Waals surface area contributed by atoms with E-state index in [1.165, 1.54) is 0 Å². The van der Waals surface area contributed by atoms with E-state index in [0.717, 1.165) is 5.56 Å². The summed E-state index contributed by atoms with van der Waals surface area (Å²) >= 11 is 0. The number of hydrogen-bond donors (Lipinski definition) is 2. The van der Waals surface area contributed by atoms with Crippen LogP contribution in [0.25, 0.3) is 0 Å². The number of phenols is 1. The molecule has 0 heterocycles. The van der Waals surface area contributed by atoms with Crippen LogP contribution in [-0.4, -0.2) is 24.2 Å². The largest absolute Gasteiger partial charge is 0.508 e. The van der Waals surface area contributed by atoms with E-state index >= 15 is 0 Å². The number of carbonyl (C=O) groups excluding carboxylic acids is 1. The summed E-state index contributed by atoms with van der Waals surface area (Å²) in [6.45, 7) is 2.53. The summed E-state index contributed by atoms with van der Waals surface area (Å²) in [5.41, 5.74) is 6.56. The van der Waals surface area contributed by atoms with E-state index in [0.29, 0.717) is 13.2 Å². The number of hydrogen-bond acceptors (Lipinski definition) is 4. The number of aromatic hydroxyl groups is 1. The number of benzene rings is 1. The molecule has 16 heavy (non-hydrogen) atoms. The zero-order valence-electron chi connectivity index (χ0n) is 9.35. The van der Waals surface area contributed by atoms with Crippen molar-refractivity contribution in [1.82, 2.24) is 0 Å². The van der Waals surface area contributed by atoms with Gasteiger partial charge in [0.2, 0.25) is 0 Å². The average molecular weight is 223 g/mol. The van der Waals surface area contributed by atoms with Crippen molar-refractivity contribution in [2.75, 3.05) is 13.2 Å². The fourth-order valence-electron chi connectivity index (χ4n) is 1.50. The molecule has 1 aromatic carbocycles. The Kier molecular flexibility index (Phi) is 4.79. The second-order valence-electron chi connectivity index (χ2n) is 3.53. The van der Waals surface area contributed by atoms with Crippen molar-refractivity contribution in [3.63, 3.8) is 0 Å². The van der Waals surface area contributed by atoms with E-state index in [1.807, 2.05) is 0 Å². The molecular formula is C12H17NO3. The molecule has 4 nitrogen and oxygen atoms in total. The SMILES string of the molecule is CCOC(=O)CC(CN)c1ccc(O)cc1. The summed E-state index contributed by atoms with van der Waals surface area (Å²) in [6, 6.07) is 6.71. The van der Waals surface area contributed by atoms with Crippen LogP contribution in [0, 0.1) is 0 Å². The highest BCUT2D eigenvalue weighted by Gasteiger charge is 2.15. The fraction of sp³-hybridized carbons (Fsp3) is 0.417. The second kappa shape index (κ2) is 6.12. The first-order chi connectivity index (χ1) is 7.67. The molecule has 4 heteroatoms. The molecule has 0 saturated heterocycles. The Balaban J connectivity index is 2.67. The van der Waals surface area contributed by atoms with Gasteiger partial charge in [0, 0.05) is 5.92 Å². The van der Waals surface area contributed by atoms with Crippen LogP contribution in [0.3, 0.4) is 0 Å². The summed E-state index contributed by atoms with van der Waals surface area (Å²) in [6.07, 6.45) is 0.273. The number of phenolic OH excluding ortho intramolecular Hbond substituents is 1. The Hall–Kier alpha value is -1.55. The molecule has 1 rings (SSSR count). The zero-order chi connectivity index (χ0) is 12.0. The minimum Gasteiger partial charge on any atom is -0.508 e. The molecule has 0 saturated carbocycles. The minimum absolute atomic E-state index is 0.0559. The van der Waals surface area contributed by atoms with Crippen LogP contribution >= 0.6 is 0 Å². The quantitative estimate of drug-likeness (QED) is 0.740. The lowest BCUT2D eigenvalue weighted by molar-refractivity contribution is -0.143. The van der Waals surface area contributed by atoms with Gasteiger partial charge < -0.3 is 15.6 Å². The molecule has 0 radical (unpaired) electrons. The van der Waals surface area contributed by atoms with Crippen molar-refractivity contribution >= 4 is 5.97 Å². The maximum absolute atomic E-state index is 11.3. The van der Waals surface area contributed by atoms with E-state index in [1.54, 1.807) is 31.2 Å². The van der Waals surface area contributed by atoms with Crippen LogP contribution in [0.15, 0.2) is 24.3 Å². The van der Waals surface area contributed by atoms with E-state index in [-0.39, 0.29) is 24.1 Å². The highest BCUT2D eigenvalue weighted by molar-refractivity contribution is 5.70. The standard InChI is InChI=1S/C12H17NO3/c1-2-16-12(15)7-10(8-13)9-3-5-11(14)6-4-9/h3-6,10,14H,2,7-8,13H2,1H3. The zero-order valence-corrected chi connectivity index (χ0v) is 9.35. The predicted molar refractivity (Wildman–Crippen MR) is 61.2 cm³/mol. The Morgan fingerprint density at radius 1 is 1.44 bits per heavy atom. The molecule has 1 aromatic rings. The predicted octanol–water partition coefficient (Wildman–Crippen LogP) is 1.39. The fourth-order valence-corrected chi connectivity index (χ4v) is 1.50. The highest BCUT2D eigenvalue weighted by Crippen LogP contribution is 2.21. The lowest BCUT2D eigenvalue weighted by atomic mass is 9.96. The van der Waals surface area contributed by atoms with Gasteiger partial charge in [0.25, 0.3) is 0 Å². The third-order valence-electron chi connectivity index (χ3n) is 2.37. The van der Waals surface area contributed by atoms with Gasteiger partial charge in [-0.15, -0.1) is 0 Å². The van der Waals surface area contributed by atoms with Crippen molar-refractivity contribution < 1.29 is 14.6 Å². The molecule has 0 aromatic heterocycles. The molecule has 1 atom stereocenters. The molecule has 1 unspecified atom stereocenters. The van der Waals surface area contributed by atoms with Crippen molar-refractivity contribution in [2.24, 2.45) is 5.73 Å². The second-order valence-corrected chi connectivity index (χ2v) is 3.53. The molecule has 0 spiro atoms. The highest BCUT2D eigenvalue weighted by atomic mass is 16.5. The monoisotopic (exact) mass is 223 g/mol. The maximum atomic E-state index is 11.3. The summed E-state index contributed by atoms with van der Waals surface area (Å²) < 4.78 is 4.88. The van der Waals surface area contributed by atoms with Crippen molar-refractivity contribution in [1.29, 1.82) is 0 Å². The first kappa shape index (κ1) is 12.5. The van der Waals surface area contributed by atoms with Crippen LogP contribution in [-0.2, 0) is 9.53 Å². The Morgan fingerprint density at radius 3 is 2.56 bits per heavy atom. The summed E-state index contributed by atoms with van der Waals surface area (Å²) in [5, 5.41) is 9.15. The van der Waals surface area contributed by atoms with Gasteiger partial charge in [-0.2, -0.15) is 0 Å². The molecule has 3 N–H and O–H groups in total. The van der Waals surface area contributed by atoms with Crippen molar-refractivity contribution in [3.05, 3.63) is 29.8 Å². The molecule has 0 aliphatic carbocycles. The summed E-state index contributed by atoms with van der Waals surface area (Å²) in [4.78, 5) is 11.3. The molecule has 0 amide bonds. The molecule has 0 aliphatic heterocycles. The average Bonchev–Trinajstić information content (AvgIpc) is 2.27. The van der Waals surface area contributed by atoms with Gasteiger partial charge in [-0.1, -0.05) is 12.1 Å². The molecule has 0 aliphatic rings. The normalized spacial score (nSPS) is 12.1. The first-order valence-corrected chi connectivity index (χ1v) is 5.32. The summed E-state index contributed by atoms with van der Waals surface area (Å²) in [7, 11) is 0. The van der Waals surface area contributed by atoms with Gasteiger partial charge in [-0.05, 0) is 31.2 Å². The smallest absolute Gasteiger partial charge is 0.306 e. The molecule has 0 fully saturated rings. The van der Waals surface area contributed by atoms with Crippen LogP contribution in [0.1, 0.15) is 24.8 Å². The van der Waals surface area contributed by atoms with E-state index in [4.69, 9.17) is 15.6 Å². The minimum atomic E-state index is -0.244. The number of rotatable bonds is 5. The van der Waals surface area contributed by atoms with Gasteiger partial charge in [0.1, 0.15) is 5.75 Å². The topological polar surface area (TPSA) is 72.5 Å². The van der Waals surface area contributed by atoms with Crippen LogP contribution < -0.4 is 5.73 Å². The lowest BCUT2D eigenvalue weighted by Crippen LogP contribution is -2.17. The number of esters is 1. The first-order valence-electron chi connectivity index (χ1n) is 5.32. The number of ether oxygens (including phenoxy) is 1. The van der Waals surface area contributed by atoms with Gasteiger partial charge in [-0.3, -0.25) is 4.79 Å². The Morgan fingerprint density at radius 2 is 2.06 bits per heavy atom.